The Labute approximate surface area is 115 Å². The Balaban J connectivity index is 3.15. The van der Waals surface area contributed by atoms with Crippen molar-refractivity contribution in [2.24, 2.45) is 5.92 Å². The second-order valence-electron chi connectivity index (χ2n) is 4.34. The first-order chi connectivity index (χ1) is 8.86. The molecule has 0 saturated heterocycles. The number of thioether (sulfide) groups is 1. The highest BCUT2D eigenvalue weighted by Crippen LogP contribution is 2.33. The van der Waals surface area contributed by atoms with Crippen molar-refractivity contribution in [1.29, 1.82) is 0 Å². The molecule has 0 radical (unpaired) electrons. The van der Waals surface area contributed by atoms with Crippen LogP contribution in [0.5, 0.6) is 0 Å². The number of pyridine rings is 1. The molecule has 0 aliphatic carbocycles. The molecule has 0 saturated carbocycles. The molecule has 0 N–H and O–H groups in total. The highest BCUT2D eigenvalue weighted by Gasteiger charge is 2.22. The van der Waals surface area contributed by atoms with Crippen LogP contribution in [-0.2, 0) is 4.74 Å². The van der Waals surface area contributed by atoms with Gasteiger partial charge in [0.2, 0.25) is 0 Å². The number of carbonyl (C=O) groups is 1. The summed E-state index contributed by atoms with van der Waals surface area (Å²) in [6.45, 7) is 6.01. The van der Waals surface area contributed by atoms with E-state index < -0.39 is 10.9 Å². The van der Waals surface area contributed by atoms with Crippen LogP contribution in [0.25, 0.3) is 0 Å². The van der Waals surface area contributed by atoms with Crippen LogP contribution in [0.1, 0.15) is 31.3 Å². The van der Waals surface area contributed by atoms with Crippen molar-refractivity contribution >= 4 is 23.4 Å². The van der Waals surface area contributed by atoms with Gasteiger partial charge in [-0.1, -0.05) is 32.5 Å². The zero-order chi connectivity index (χ0) is 14.6. The van der Waals surface area contributed by atoms with Gasteiger partial charge in [0.15, 0.2) is 5.03 Å². The average molecular weight is 284 g/mol. The molecule has 0 aliphatic heterocycles. The van der Waals surface area contributed by atoms with Crippen LogP contribution < -0.4 is 0 Å². The standard InChI is InChI=1S/C12H16N2O4S/c1-7(2)8(3)19-11-10(14(16)17)6-5-9(13-11)12(15)18-4/h5-8H,1-4H3. The van der Waals surface area contributed by atoms with Crippen LogP contribution in [0.2, 0.25) is 0 Å². The SMILES string of the molecule is COC(=O)c1ccc([N+](=O)[O-])c(SC(C)C(C)C)n1. The van der Waals surface area contributed by atoms with Crippen LogP contribution in [0, 0.1) is 16.0 Å². The number of rotatable bonds is 5. The van der Waals surface area contributed by atoms with Crippen LogP contribution in [0.15, 0.2) is 17.2 Å². The first kappa shape index (κ1) is 15.4. The van der Waals surface area contributed by atoms with Gasteiger partial charge in [0.25, 0.3) is 0 Å². The van der Waals surface area contributed by atoms with Gasteiger partial charge in [0.05, 0.1) is 12.0 Å². The third kappa shape index (κ3) is 3.92. The fourth-order valence-corrected chi connectivity index (χ4v) is 2.23. The maximum Gasteiger partial charge on any atom is 0.356 e. The lowest BCUT2D eigenvalue weighted by Crippen LogP contribution is -2.10. The lowest BCUT2D eigenvalue weighted by molar-refractivity contribution is -0.388. The van der Waals surface area contributed by atoms with Crippen molar-refractivity contribution in [3.05, 3.63) is 27.9 Å². The number of ether oxygens (including phenoxy) is 1. The van der Waals surface area contributed by atoms with E-state index in [-0.39, 0.29) is 21.7 Å². The van der Waals surface area contributed by atoms with Gasteiger partial charge in [-0.15, -0.1) is 0 Å². The molecule has 104 valence electrons. The molecule has 0 bridgehead atoms. The quantitative estimate of drug-likeness (QED) is 0.358. The maximum atomic E-state index is 11.4. The second kappa shape index (κ2) is 6.51. The monoisotopic (exact) mass is 284 g/mol. The van der Waals surface area contributed by atoms with E-state index in [1.807, 2.05) is 20.8 Å². The van der Waals surface area contributed by atoms with Gasteiger partial charge in [0.1, 0.15) is 5.69 Å². The summed E-state index contributed by atoms with van der Waals surface area (Å²) in [4.78, 5) is 25.9. The number of nitro groups is 1. The minimum atomic E-state index is -0.603. The minimum absolute atomic E-state index is 0.0755. The van der Waals surface area contributed by atoms with Crippen molar-refractivity contribution in [3.8, 4) is 0 Å². The van der Waals surface area contributed by atoms with E-state index in [0.717, 1.165) is 0 Å². The zero-order valence-corrected chi connectivity index (χ0v) is 12.1. The molecule has 1 aromatic rings. The Morgan fingerprint density at radius 1 is 1.42 bits per heavy atom. The smallest absolute Gasteiger partial charge is 0.356 e. The largest absolute Gasteiger partial charge is 0.464 e. The van der Waals surface area contributed by atoms with Gasteiger partial charge in [-0.2, -0.15) is 0 Å². The van der Waals surface area contributed by atoms with Crippen LogP contribution in [0.4, 0.5) is 5.69 Å². The molecule has 0 spiro atoms. The topological polar surface area (TPSA) is 82.3 Å². The number of hydrogen-bond acceptors (Lipinski definition) is 6. The Morgan fingerprint density at radius 2 is 2.05 bits per heavy atom. The van der Waals surface area contributed by atoms with Gasteiger partial charge < -0.3 is 4.74 Å². The molecule has 1 heterocycles. The van der Waals surface area contributed by atoms with Gasteiger partial charge in [0, 0.05) is 11.3 Å². The number of methoxy groups -OCH3 is 1. The lowest BCUT2D eigenvalue weighted by Gasteiger charge is -2.14. The van der Waals surface area contributed by atoms with E-state index in [1.165, 1.54) is 31.0 Å². The van der Waals surface area contributed by atoms with Crippen molar-refractivity contribution in [1.82, 2.24) is 4.98 Å². The fourth-order valence-electron chi connectivity index (χ4n) is 1.19. The molecule has 1 unspecified atom stereocenters. The van der Waals surface area contributed by atoms with Gasteiger partial charge in [-0.05, 0) is 12.0 Å². The summed E-state index contributed by atoms with van der Waals surface area (Å²) in [5.41, 5.74) is -0.0169. The molecule has 0 amide bonds. The van der Waals surface area contributed by atoms with Gasteiger partial charge >= 0.3 is 11.7 Å². The summed E-state index contributed by atoms with van der Waals surface area (Å²) < 4.78 is 4.56. The highest BCUT2D eigenvalue weighted by molar-refractivity contribution is 8.00. The molecule has 0 aromatic carbocycles. The molecule has 0 aliphatic rings. The molecule has 1 atom stereocenters. The average Bonchev–Trinajstić information content (AvgIpc) is 2.37. The van der Waals surface area contributed by atoms with Crippen molar-refractivity contribution in [2.75, 3.05) is 7.11 Å². The Hall–Kier alpha value is -1.63. The van der Waals surface area contributed by atoms with Gasteiger partial charge in [-0.25, -0.2) is 9.78 Å². The molecular formula is C12H16N2O4S. The summed E-state index contributed by atoms with van der Waals surface area (Å²) in [5.74, 6) is -0.262. The summed E-state index contributed by atoms with van der Waals surface area (Å²) in [6, 6.07) is 2.59. The third-order valence-corrected chi connectivity index (χ3v) is 4.11. The summed E-state index contributed by atoms with van der Waals surface area (Å²) in [6.07, 6.45) is 0. The van der Waals surface area contributed by atoms with Crippen LogP contribution >= 0.6 is 11.8 Å². The summed E-state index contributed by atoms with van der Waals surface area (Å²) >= 11 is 1.29. The highest BCUT2D eigenvalue weighted by atomic mass is 32.2. The van der Waals surface area contributed by atoms with Crippen molar-refractivity contribution < 1.29 is 14.5 Å². The molecule has 1 aromatic heterocycles. The van der Waals surface area contributed by atoms with Crippen molar-refractivity contribution in [3.63, 3.8) is 0 Å². The van der Waals surface area contributed by atoms with Gasteiger partial charge in [-0.3, -0.25) is 10.1 Å². The number of esters is 1. The van der Waals surface area contributed by atoms with E-state index in [9.17, 15) is 14.9 Å². The van der Waals surface area contributed by atoms with E-state index >= 15 is 0 Å². The Kier molecular flexibility index (Phi) is 5.29. The number of nitrogens with zero attached hydrogens (tertiary/aromatic N) is 2. The van der Waals surface area contributed by atoms with Crippen molar-refractivity contribution in [2.45, 2.75) is 31.0 Å². The van der Waals surface area contributed by atoms with E-state index in [4.69, 9.17) is 0 Å². The Bertz CT molecular complexity index is 491. The van der Waals surface area contributed by atoms with Crippen LogP contribution in [-0.4, -0.2) is 28.2 Å². The van der Waals surface area contributed by atoms with E-state index in [1.54, 1.807) is 0 Å². The molecule has 6 nitrogen and oxygen atoms in total. The zero-order valence-electron chi connectivity index (χ0n) is 11.2. The molecule has 1 rings (SSSR count). The first-order valence-electron chi connectivity index (χ1n) is 5.77. The Morgan fingerprint density at radius 3 is 2.53 bits per heavy atom. The molecule has 7 heteroatoms. The molecular weight excluding hydrogens is 268 g/mol. The fraction of sp³-hybridized carbons (Fsp3) is 0.500. The molecule has 19 heavy (non-hydrogen) atoms. The maximum absolute atomic E-state index is 11.4. The normalized spacial score (nSPS) is 12.3. The second-order valence-corrected chi connectivity index (χ2v) is 5.70. The number of hydrogen-bond donors (Lipinski definition) is 0. The molecule has 0 fully saturated rings. The minimum Gasteiger partial charge on any atom is -0.464 e. The first-order valence-corrected chi connectivity index (χ1v) is 6.65. The lowest BCUT2D eigenvalue weighted by atomic mass is 10.2. The number of aromatic nitrogens is 1. The predicted octanol–water partition coefficient (Wildman–Crippen LogP) is 2.91. The predicted molar refractivity (Wildman–Crippen MR) is 72.4 cm³/mol. The summed E-state index contributed by atoms with van der Waals surface area (Å²) in [7, 11) is 1.25. The summed E-state index contributed by atoms with van der Waals surface area (Å²) in [5, 5.41) is 11.4. The van der Waals surface area contributed by atoms with E-state index in [2.05, 4.69) is 9.72 Å². The van der Waals surface area contributed by atoms with E-state index in [0.29, 0.717) is 5.92 Å². The third-order valence-electron chi connectivity index (χ3n) is 2.67. The number of carbonyl (C=O) groups excluding carboxylic acids is 1. The van der Waals surface area contributed by atoms with Crippen LogP contribution in [0.3, 0.4) is 0 Å².